The fourth-order valence-electron chi connectivity index (χ4n) is 3.27. The van der Waals surface area contributed by atoms with E-state index in [1.165, 1.54) is 22.7 Å². The lowest BCUT2D eigenvalue weighted by Crippen LogP contribution is -2.17. The van der Waals surface area contributed by atoms with Crippen LogP contribution in [-0.4, -0.2) is 22.3 Å². The number of nitrogens with zero attached hydrogens (tertiary/aromatic N) is 1. The van der Waals surface area contributed by atoms with Crippen molar-refractivity contribution in [3.05, 3.63) is 68.7 Å². The van der Waals surface area contributed by atoms with Gasteiger partial charge in [0, 0.05) is 10.3 Å². The number of carboxylic acid groups (broad SMARTS) is 1. The predicted molar refractivity (Wildman–Crippen MR) is 126 cm³/mol. The number of aliphatic carboxylic acids is 1. The molecule has 0 radical (unpaired) electrons. The number of carbonyl (C=O) groups is 2. The summed E-state index contributed by atoms with van der Waals surface area (Å²) in [5.74, 6) is 5.18. The van der Waals surface area contributed by atoms with Crippen molar-refractivity contribution in [2.75, 3.05) is 5.32 Å². The van der Waals surface area contributed by atoms with Crippen molar-refractivity contribution >= 4 is 61.4 Å². The van der Waals surface area contributed by atoms with Crippen LogP contribution < -0.4 is 5.32 Å². The molecule has 0 bridgehead atoms. The van der Waals surface area contributed by atoms with Crippen LogP contribution in [0.3, 0.4) is 0 Å². The minimum atomic E-state index is -0.763. The molecule has 3 aromatic heterocycles. The number of nitrogens with one attached hydrogen (secondary N) is 1. The molecule has 166 valence electrons. The van der Waals surface area contributed by atoms with Gasteiger partial charge in [0.05, 0.1) is 8.89 Å². The molecule has 2 N–H and O–H groups in total. The van der Waals surface area contributed by atoms with Crippen LogP contribution in [0, 0.1) is 11.8 Å². The van der Waals surface area contributed by atoms with Crippen molar-refractivity contribution in [2.45, 2.75) is 24.9 Å². The smallest absolute Gasteiger partial charge is 0.412 e. The molecule has 10 heteroatoms. The molecule has 1 aliphatic rings. The molecule has 1 aromatic carbocycles. The van der Waals surface area contributed by atoms with Gasteiger partial charge in [-0.05, 0) is 42.4 Å². The molecule has 0 spiro atoms. The Bertz CT molecular complexity index is 1390. The fraction of sp³-hybridized carbons (Fsp3) is 0.174. The first-order valence-electron chi connectivity index (χ1n) is 9.87. The number of amides is 1. The van der Waals surface area contributed by atoms with Gasteiger partial charge < -0.3 is 14.4 Å². The maximum absolute atomic E-state index is 12.2. The zero-order valence-corrected chi connectivity index (χ0v) is 19.3. The van der Waals surface area contributed by atoms with Gasteiger partial charge in [-0.2, -0.15) is 0 Å². The molecule has 0 saturated heterocycles. The van der Waals surface area contributed by atoms with E-state index in [4.69, 9.17) is 20.9 Å². The first kappa shape index (κ1) is 21.5. The normalized spacial score (nSPS) is 13.8. The van der Waals surface area contributed by atoms with Crippen LogP contribution in [0.1, 0.15) is 33.9 Å². The van der Waals surface area contributed by atoms with E-state index in [1.54, 1.807) is 0 Å². The van der Waals surface area contributed by atoms with E-state index in [9.17, 15) is 14.7 Å². The van der Waals surface area contributed by atoms with E-state index in [1.807, 2.05) is 42.5 Å². The van der Waals surface area contributed by atoms with E-state index in [0.717, 1.165) is 24.7 Å². The highest BCUT2D eigenvalue weighted by Crippen LogP contribution is 2.52. The van der Waals surface area contributed by atoms with Gasteiger partial charge in [0.1, 0.15) is 17.7 Å². The summed E-state index contributed by atoms with van der Waals surface area (Å²) in [4.78, 5) is 25.4. The van der Waals surface area contributed by atoms with Gasteiger partial charge in [0.2, 0.25) is 5.76 Å². The van der Waals surface area contributed by atoms with Crippen LogP contribution in [0.2, 0.25) is 5.15 Å². The zero-order valence-electron chi connectivity index (χ0n) is 16.9. The fourth-order valence-corrected chi connectivity index (χ4v) is 5.98. The second-order valence-corrected chi connectivity index (χ2v) is 10.2. The number of hydrogen-bond acceptors (Lipinski definition) is 7. The number of halogens is 1. The second-order valence-electron chi connectivity index (χ2n) is 7.47. The van der Waals surface area contributed by atoms with Gasteiger partial charge in [-0.25, -0.2) is 4.79 Å². The monoisotopic (exact) mass is 498 g/mol. The molecule has 1 saturated carbocycles. The van der Waals surface area contributed by atoms with Gasteiger partial charge in [0.25, 0.3) is 0 Å². The molecule has 1 aliphatic carbocycles. The minimum absolute atomic E-state index is 0.0313. The first-order chi connectivity index (χ1) is 15.9. The predicted octanol–water partition coefficient (Wildman–Crippen LogP) is 5.87. The lowest BCUT2D eigenvalue weighted by molar-refractivity contribution is -0.139. The highest BCUT2D eigenvalue weighted by molar-refractivity contribution is 7.38. The molecule has 1 fully saturated rings. The lowest BCUT2D eigenvalue weighted by atomic mass is 10.1. The summed E-state index contributed by atoms with van der Waals surface area (Å²) in [6.45, 7) is 0.105. The van der Waals surface area contributed by atoms with Gasteiger partial charge in [0.15, 0.2) is 5.15 Å². The SMILES string of the molecule is O=C(Nc1c(Cl)noc1C#Cc1cc2cc(C3(C(=O)O)CC3)sc2s1)OCc1ccccc1. The molecule has 1 amide bonds. The molecule has 3 heterocycles. The summed E-state index contributed by atoms with van der Waals surface area (Å²) in [6.07, 6.45) is 0.653. The number of carbonyl (C=O) groups excluding carboxylic acids is 1. The Morgan fingerprint density at radius 2 is 2.00 bits per heavy atom. The van der Waals surface area contributed by atoms with Crippen molar-refractivity contribution in [1.82, 2.24) is 5.16 Å². The molecule has 0 atom stereocenters. The van der Waals surface area contributed by atoms with E-state index in [2.05, 4.69) is 22.3 Å². The number of ether oxygens (including phenoxy) is 1. The Morgan fingerprint density at radius 3 is 2.70 bits per heavy atom. The molecule has 0 aliphatic heterocycles. The van der Waals surface area contributed by atoms with Crippen LogP contribution in [0.15, 0.2) is 47.0 Å². The molecule has 4 aromatic rings. The van der Waals surface area contributed by atoms with Crippen LogP contribution in [0.4, 0.5) is 10.5 Å². The molecule has 5 rings (SSSR count). The maximum atomic E-state index is 12.2. The van der Waals surface area contributed by atoms with Gasteiger partial charge in [-0.15, -0.1) is 22.7 Å². The third-order valence-corrected chi connectivity index (χ3v) is 8.00. The van der Waals surface area contributed by atoms with Gasteiger partial charge in [-0.3, -0.25) is 10.1 Å². The lowest BCUT2D eigenvalue weighted by Gasteiger charge is -2.05. The van der Waals surface area contributed by atoms with E-state index >= 15 is 0 Å². The largest absolute Gasteiger partial charge is 0.481 e. The third kappa shape index (κ3) is 4.33. The number of fused-ring (bicyclic) bond motifs is 1. The Morgan fingerprint density at radius 1 is 1.21 bits per heavy atom. The summed E-state index contributed by atoms with van der Waals surface area (Å²) < 4.78 is 11.4. The average molecular weight is 499 g/mol. The van der Waals surface area contributed by atoms with Crippen molar-refractivity contribution in [1.29, 1.82) is 0 Å². The number of aromatic nitrogens is 1. The molecule has 7 nitrogen and oxygen atoms in total. The molecular weight excluding hydrogens is 484 g/mol. The summed E-state index contributed by atoms with van der Waals surface area (Å²) >= 11 is 9.01. The molecule has 0 unspecified atom stereocenters. The van der Waals surface area contributed by atoms with Crippen molar-refractivity contribution in [2.24, 2.45) is 0 Å². The number of carboxylic acids is 1. The molecular formula is C23H15ClN2O5S2. The van der Waals surface area contributed by atoms with Crippen LogP contribution in [0.25, 0.3) is 9.40 Å². The summed E-state index contributed by atoms with van der Waals surface area (Å²) in [5, 5.41) is 16.6. The van der Waals surface area contributed by atoms with Crippen LogP contribution in [0.5, 0.6) is 0 Å². The average Bonchev–Trinajstić information content (AvgIpc) is 3.24. The quantitative estimate of drug-likeness (QED) is 0.334. The van der Waals surface area contributed by atoms with Gasteiger partial charge >= 0.3 is 12.1 Å². The third-order valence-electron chi connectivity index (χ3n) is 5.23. The highest BCUT2D eigenvalue weighted by Gasteiger charge is 2.53. The Labute approximate surface area is 200 Å². The van der Waals surface area contributed by atoms with E-state index < -0.39 is 17.5 Å². The molecule has 33 heavy (non-hydrogen) atoms. The van der Waals surface area contributed by atoms with Crippen molar-refractivity contribution in [3.8, 4) is 11.8 Å². The number of anilines is 1. The van der Waals surface area contributed by atoms with Crippen LogP contribution in [-0.2, 0) is 21.6 Å². The summed E-state index contributed by atoms with van der Waals surface area (Å²) in [7, 11) is 0. The van der Waals surface area contributed by atoms with E-state index in [0.29, 0.717) is 12.8 Å². The number of hydrogen-bond donors (Lipinski definition) is 2. The number of thiophene rings is 2. The van der Waals surface area contributed by atoms with Crippen LogP contribution >= 0.6 is 34.3 Å². The second kappa shape index (κ2) is 8.56. The van der Waals surface area contributed by atoms with Gasteiger partial charge in [-0.1, -0.05) is 47.1 Å². The number of rotatable bonds is 5. The zero-order chi connectivity index (χ0) is 23.0. The van der Waals surface area contributed by atoms with Crippen molar-refractivity contribution < 1.29 is 24.0 Å². The van der Waals surface area contributed by atoms with E-state index in [-0.39, 0.29) is 23.2 Å². The first-order valence-corrected chi connectivity index (χ1v) is 11.9. The summed E-state index contributed by atoms with van der Waals surface area (Å²) in [6, 6.07) is 13.1. The minimum Gasteiger partial charge on any atom is -0.481 e. The Balaban J connectivity index is 1.29. The Hall–Kier alpha value is -3.32. The summed E-state index contributed by atoms with van der Waals surface area (Å²) in [5.41, 5.74) is 0.280. The maximum Gasteiger partial charge on any atom is 0.412 e. The number of benzene rings is 1. The highest BCUT2D eigenvalue weighted by atomic mass is 35.5. The Kier molecular flexibility index (Phi) is 5.58. The standard InChI is InChI=1S/C23H15ClN2O5S2/c24-19-18(25-22(29)30-12-13-4-2-1-3-5-13)16(31-26-19)7-6-15-10-14-11-17(33-20(14)32-15)23(8-9-23)21(27)28/h1-5,10-11H,8-9,12H2,(H,25,29)(H,27,28). The topological polar surface area (TPSA) is 102 Å². The van der Waals surface area contributed by atoms with Crippen molar-refractivity contribution in [3.63, 3.8) is 0 Å².